The molecule has 0 amide bonds. The lowest BCUT2D eigenvalue weighted by molar-refractivity contribution is -0.141. The fourth-order valence-electron chi connectivity index (χ4n) is 1.65. The van der Waals surface area contributed by atoms with Crippen LogP contribution in [0.5, 0.6) is 0 Å². The molecule has 3 nitrogen and oxygen atoms in total. The fourth-order valence-corrected chi connectivity index (χ4v) is 1.83. The fraction of sp³-hybridized carbons (Fsp3) is 0.231. The third kappa shape index (κ3) is 3.19. The molecule has 2 aromatic rings. The monoisotopic (exact) mass is 301 g/mol. The van der Waals surface area contributed by atoms with Crippen molar-refractivity contribution in [3.8, 4) is 0 Å². The first-order valence-corrected chi connectivity index (χ1v) is 6.10. The van der Waals surface area contributed by atoms with Crippen molar-refractivity contribution >= 4 is 23.1 Å². The lowest BCUT2D eigenvalue weighted by Gasteiger charge is -2.12. The van der Waals surface area contributed by atoms with Gasteiger partial charge in [-0.3, -0.25) is 0 Å². The van der Waals surface area contributed by atoms with E-state index in [9.17, 15) is 13.2 Å². The summed E-state index contributed by atoms with van der Waals surface area (Å²) in [5.41, 5.74) is 1.54. The van der Waals surface area contributed by atoms with E-state index in [2.05, 4.69) is 15.3 Å². The van der Waals surface area contributed by atoms with Crippen molar-refractivity contribution in [3.05, 3.63) is 46.4 Å². The molecular formula is C13H11ClF3N3. The van der Waals surface area contributed by atoms with Gasteiger partial charge in [0.15, 0.2) is 5.69 Å². The predicted molar refractivity (Wildman–Crippen MR) is 71.2 cm³/mol. The summed E-state index contributed by atoms with van der Waals surface area (Å²) in [7, 11) is 0. The van der Waals surface area contributed by atoms with Gasteiger partial charge in [-0.1, -0.05) is 12.1 Å². The van der Waals surface area contributed by atoms with Crippen molar-refractivity contribution in [2.45, 2.75) is 20.0 Å². The third-order valence-corrected chi connectivity index (χ3v) is 3.03. The van der Waals surface area contributed by atoms with Gasteiger partial charge in [0.05, 0.1) is 0 Å². The zero-order valence-electron chi connectivity index (χ0n) is 10.7. The largest absolute Gasteiger partial charge is 0.433 e. The zero-order valence-corrected chi connectivity index (χ0v) is 11.5. The Kier molecular flexibility index (Phi) is 3.85. The van der Waals surface area contributed by atoms with Crippen LogP contribution in [0.1, 0.15) is 16.8 Å². The lowest BCUT2D eigenvalue weighted by atomic mass is 10.1. The number of benzene rings is 1. The summed E-state index contributed by atoms with van der Waals surface area (Å²) in [4.78, 5) is 6.93. The Morgan fingerprint density at radius 2 is 1.85 bits per heavy atom. The molecule has 0 fully saturated rings. The molecular weight excluding hydrogens is 291 g/mol. The molecule has 0 aliphatic carbocycles. The number of rotatable bonds is 2. The highest BCUT2D eigenvalue weighted by atomic mass is 35.5. The molecule has 0 saturated carbocycles. The van der Waals surface area contributed by atoms with E-state index in [0.717, 1.165) is 17.2 Å². The second-order valence-corrected chi connectivity index (χ2v) is 4.62. The Bertz CT molecular complexity index is 641. The Hall–Kier alpha value is -1.82. The number of halogens is 4. The van der Waals surface area contributed by atoms with Gasteiger partial charge in [0.25, 0.3) is 0 Å². The third-order valence-electron chi connectivity index (χ3n) is 2.86. The predicted octanol–water partition coefficient (Wildman–Crippen LogP) is 4.51. The van der Waals surface area contributed by atoms with Gasteiger partial charge in [0.2, 0.25) is 5.28 Å². The Labute approximate surface area is 118 Å². The minimum atomic E-state index is -4.56. The highest BCUT2D eigenvalue weighted by Crippen LogP contribution is 2.31. The van der Waals surface area contributed by atoms with E-state index < -0.39 is 17.2 Å². The van der Waals surface area contributed by atoms with Crippen molar-refractivity contribution in [3.63, 3.8) is 0 Å². The van der Waals surface area contributed by atoms with Crippen LogP contribution in [0, 0.1) is 13.8 Å². The van der Waals surface area contributed by atoms with Crippen molar-refractivity contribution in [2.24, 2.45) is 0 Å². The van der Waals surface area contributed by atoms with Crippen LogP contribution in [0.15, 0.2) is 24.3 Å². The maximum absolute atomic E-state index is 12.7. The average molecular weight is 302 g/mol. The van der Waals surface area contributed by atoms with E-state index in [1.54, 1.807) is 12.1 Å². The number of nitrogens with one attached hydrogen (secondary N) is 1. The number of alkyl halides is 3. The summed E-state index contributed by atoms with van der Waals surface area (Å²) in [6.45, 7) is 3.78. The van der Waals surface area contributed by atoms with E-state index in [-0.39, 0.29) is 5.82 Å². The number of hydrogen-bond donors (Lipinski definition) is 1. The molecule has 1 aromatic heterocycles. The molecule has 0 atom stereocenters. The lowest BCUT2D eigenvalue weighted by Crippen LogP contribution is -2.10. The number of aryl methyl sites for hydroxylation is 1. The molecule has 7 heteroatoms. The minimum Gasteiger partial charge on any atom is -0.340 e. The van der Waals surface area contributed by atoms with Crippen LogP contribution >= 0.6 is 11.6 Å². The summed E-state index contributed by atoms with van der Waals surface area (Å²) in [5, 5.41) is 2.38. The number of aromatic nitrogens is 2. The first-order valence-electron chi connectivity index (χ1n) is 5.72. The first-order chi connectivity index (χ1) is 9.27. The second kappa shape index (κ2) is 5.28. The molecule has 0 bridgehead atoms. The molecule has 1 heterocycles. The van der Waals surface area contributed by atoms with Crippen molar-refractivity contribution in [2.75, 3.05) is 5.32 Å². The van der Waals surface area contributed by atoms with Gasteiger partial charge in [-0.05, 0) is 42.6 Å². The number of anilines is 2. The second-order valence-electron chi connectivity index (χ2n) is 4.28. The quantitative estimate of drug-likeness (QED) is 0.829. The maximum Gasteiger partial charge on any atom is 0.433 e. The summed E-state index contributed by atoms with van der Waals surface area (Å²) in [5.74, 6) is 0.00558. The Balaban J connectivity index is 2.39. The van der Waals surface area contributed by atoms with Gasteiger partial charge in [-0.25, -0.2) is 9.97 Å². The standard InChI is InChI=1S/C13H11ClF3N3/c1-7-4-3-5-9(8(7)2)18-11-6-10(13(15,16)17)19-12(14)20-11/h3-6H,1-2H3,(H,18,19,20). The van der Waals surface area contributed by atoms with Gasteiger partial charge >= 0.3 is 6.18 Å². The molecule has 0 unspecified atom stereocenters. The van der Waals surface area contributed by atoms with E-state index in [4.69, 9.17) is 11.6 Å². The molecule has 0 radical (unpaired) electrons. The molecule has 0 aliphatic rings. The van der Waals surface area contributed by atoms with E-state index in [1.165, 1.54) is 0 Å². The van der Waals surface area contributed by atoms with Crippen LogP contribution in [-0.2, 0) is 6.18 Å². The average Bonchev–Trinajstić information content (AvgIpc) is 2.33. The molecule has 1 aromatic carbocycles. The smallest absolute Gasteiger partial charge is 0.340 e. The maximum atomic E-state index is 12.7. The molecule has 1 N–H and O–H groups in total. The summed E-state index contributed by atoms with van der Waals surface area (Å²) in [6, 6.07) is 6.30. The van der Waals surface area contributed by atoms with Crippen LogP contribution in [-0.4, -0.2) is 9.97 Å². The number of nitrogens with zero attached hydrogens (tertiary/aromatic N) is 2. The van der Waals surface area contributed by atoms with Crippen LogP contribution in [0.25, 0.3) is 0 Å². The Morgan fingerprint density at radius 3 is 2.50 bits per heavy atom. The van der Waals surface area contributed by atoms with Gasteiger partial charge in [-0.15, -0.1) is 0 Å². The molecule has 20 heavy (non-hydrogen) atoms. The highest BCUT2D eigenvalue weighted by molar-refractivity contribution is 6.28. The highest BCUT2D eigenvalue weighted by Gasteiger charge is 2.33. The van der Waals surface area contributed by atoms with Crippen LogP contribution in [0.4, 0.5) is 24.7 Å². The summed E-state index contributed by atoms with van der Waals surface area (Å²) < 4.78 is 38.0. The van der Waals surface area contributed by atoms with Gasteiger partial charge in [-0.2, -0.15) is 13.2 Å². The number of hydrogen-bond acceptors (Lipinski definition) is 3. The van der Waals surface area contributed by atoms with Gasteiger partial charge < -0.3 is 5.32 Å². The first kappa shape index (κ1) is 14.6. The van der Waals surface area contributed by atoms with Gasteiger partial charge in [0.1, 0.15) is 5.82 Å². The SMILES string of the molecule is Cc1cccc(Nc2cc(C(F)(F)F)nc(Cl)n2)c1C. The molecule has 2 rings (SSSR count). The molecule has 0 spiro atoms. The van der Waals surface area contributed by atoms with E-state index >= 15 is 0 Å². The topological polar surface area (TPSA) is 37.8 Å². The van der Waals surface area contributed by atoms with E-state index in [0.29, 0.717) is 5.69 Å². The summed E-state index contributed by atoms with van der Waals surface area (Å²) >= 11 is 5.53. The molecule has 0 saturated heterocycles. The summed E-state index contributed by atoms with van der Waals surface area (Å²) in [6.07, 6.45) is -4.56. The molecule has 106 valence electrons. The molecule has 0 aliphatic heterocycles. The van der Waals surface area contributed by atoms with Crippen molar-refractivity contribution < 1.29 is 13.2 Å². The van der Waals surface area contributed by atoms with Crippen LogP contribution < -0.4 is 5.32 Å². The Morgan fingerprint density at radius 1 is 1.15 bits per heavy atom. The van der Waals surface area contributed by atoms with E-state index in [1.807, 2.05) is 19.9 Å². The van der Waals surface area contributed by atoms with Gasteiger partial charge in [0, 0.05) is 11.8 Å². The van der Waals surface area contributed by atoms with Crippen LogP contribution in [0.3, 0.4) is 0 Å². The van der Waals surface area contributed by atoms with Crippen molar-refractivity contribution in [1.29, 1.82) is 0 Å². The van der Waals surface area contributed by atoms with Crippen molar-refractivity contribution in [1.82, 2.24) is 9.97 Å². The van der Waals surface area contributed by atoms with Crippen LogP contribution in [0.2, 0.25) is 5.28 Å². The normalized spacial score (nSPS) is 11.5. The minimum absolute atomic E-state index is 0.00558. The zero-order chi connectivity index (χ0) is 14.9.